The molecule has 0 fully saturated rings. The first-order chi connectivity index (χ1) is 8.82. The number of aromatic nitrogens is 2. The number of aliphatic hydroxyl groups is 1. The Hall–Kier alpha value is -0.610. The van der Waals surface area contributed by atoms with Gasteiger partial charge in [-0.25, -0.2) is 0 Å². The third kappa shape index (κ3) is 3.29. The summed E-state index contributed by atoms with van der Waals surface area (Å²) in [7, 11) is 1.99. The summed E-state index contributed by atoms with van der Waals surface area (Å²) in [4.78, 5) is 0. The van der Waals surface area contributed by atoms with Gasteiger partial charge in [0.25, 0.3) is 0 Å². The summed E-state index contributed by atoms with van der Waals surface area (Å²) in [6.45, 7) is 6.56. The molecule has 0 aliphatic heterocycles. The number of hydrogen-bond acceptors (Lipinski definition) is 2. The van der Waals surface area contributed by atoms with Gasteiger partial charge in [-0.05, 0) is 40.6 Å². The van der Waals surface area contributed by atoms with Crippen LogP contribution in [0.1, 0.15) is 45.0 Å². The van der Waals surface area contributed by atoms with E-state index in [1.807, 2.05) is 17.8 Å². The molecule has 2 rings (SSSR count). The summed E-state index contributed by atoms with van der Waals surface area (Å²) >= 11 is 3.66. The minimum atomic E-state index is -0.309. The van der Waals surface area contributed by atoms with Gasteiger partial charge >= 0.3 is 0 Å². The van der Waals surface area contributed by atoms with Crippen molar-refractivity contribution >= 4 is 15.9 Å². The van der Waals surface area contributed by atoms with Crippen molar-refractivity contribution in [1.82, 2.24) is 9.78 Å². The fraction of sp³-hybridized carbons (Fsp3) is 0.667. The van der Waals surface area contributed by atoms with Crippen LogP contribution in [0.5, 0.6) is 0 Å². The number of rotatable bonds is 3. The molecular formula is C15H23BrN2O. The van der Waals surface area contributed by atoms with Crippen molar-refractivity contribution in [2.75, 3.05) is 0 Å². The number of hydrogen-bond donors (Lipinski definition) is 1. The molecule has 19 heavy (non-hydrogen) atoms. The van der Waals surface area contributed by atoms with Crippen LogP contribution in [0.2, 0.25) is 0 Å². The van der Waals surface area contributed by atoms with E-state index in [1.54, 1.807) is 0 Å². The standard InChI is InChI=1S/C15H23BrN2O/c1-5-12-14(16)13(18(4)17-12)7-10-6-11(19)9-15(2,3)8-10/h6,11,19H,5,7-9H2,1-4H3. The van der Waals surface area contributed by atoms with E-state index >= 15 is 0 Å². The van der Waals surface area contributed by atoms with Crippen molar-refractivity contribution in [2.24, 2.45) is 12.5 Å². The van der Waals surface area contributed by atoms with Gasteiger partial charge in [-0.3, -0.25) is 4.68 Å². The predicted molar refractivity (Wildman–Crippen MR) is 81.1 cm³/mol. The lowest BCUT2D eigenvalue weighted by Gasteiger charge is -2.32. The van der Waals surface area contributed by atoms with Gasteiger partial charge in [0.1, 0.15) is 0 Å². The molecule has 0 bridgehead atoms. The molecule has 1 aromatic heterocycles. The third-order valence-electron chi connectivity index (χ3n) is 3.79. The van der Waals surface area contributed by atoms with Gasteiger partial charge in [0.15, 0.2) is 0 Å². The van der Waals surface area contributed by atoms with Crippen LogP contribution in [0.25, 0.3) is 0 Å². The quantitative estimate of drug-likeness (QED) is 0.864. The number of nitrogens with zero attached hydrogens (tertiary/aromatic N) is 2. The molecule has 0 radical (unpaired) electrons. The molecule has 0 spiro atoms. The average molecular weight is 327 g/mol. The van der Waals surface area contributed by atoms with E-state index in [0.717, 1.165) is 35.8 Å². The molecule has 0 aromatic carbocycles. The summed E-state index contributed by atoms with van der Waals surface area (Å²) in [6.07, 6.45) is 5.41. The second-order valence-corrected chi connectivity index (χ2v) is 7.09. The normalized spacial score (nSPS) is 22.4. The Bertz CT molecular complexity index is 502. The van der Waals surface area contributed by atoms with Crippen LogP contribution >= 0.6 is 15.9 Å². The lowest BCUT2D eigenvalue weighted by molar-refractivity contribution is 0.138. The van der Waals surface area contributed by atoms with Crippen molar-refractivity contribution in [3.63, 3.8) is 0 Å². The molecule has 1 heterocycles. The Labute approximate surface area is 123 Å². The predicted octanol–water partition coefficient (Wildman–Crippen LogP) is 3.39. The van der Waals surface area contributed by atoms with E-state index in [4.69, 9.17) is 0 Å². The van der Waals surface area contributed by atoms with E-state index in [9.17, 15) is 5.11 Å². The first-order valence-electron chi connectivity index (χ1n) is 6.90. The van der Waals surface area contributed by atoms with Gasteiger partial charge in [-0.1, -0.05) is 32.4 Å². The first kappa shape index (κ1) is 14.8. The van der Waals surface area contributed by atoms with Crippen LogP contribution in [0, 0.1) is 5.41 Å². The Morgan fingerprint density at radius 2 is 2.21 bits per heavy atom. The highest BCUT2D eigenvalue weighted by molar-refractivity contribution is 9.10. The molecule has 1 atom stereocenters. The number of aryl methyl sites for hydroxylation is 2. The van der Waals surface area contributed by atoms with E-state index in [1.165, 1.54) is 11.3 Å². The number of aliphatic hydroxyl groups excluding tert-OH is 1. The van der Waals surface area contributed by atoms with E-state index in [0.29, 0.717) is 0 Å². The molecule has 1 aliphatic carbocycles. The van der Waals surface area contributed by atoms with Crippen LogP contribution in [0.15, 0.2) is 16.1 Å². The molecule has 1 aliphatic rings. The molecule has 1 unspecified atom stereocenters. The van der Waals surface area contributed by atoms with Crippen LogP contribution in [-0.2, 0) is 19.9 Å². The summed E-state index contributed by atoms with van der Waals surface area (Å²) in [6, 6.07) is 0. The van der Waals surface area contributed by atoms with Gasteiger partial charge in [0.2, 0.25) is 0 Å². The van der Waals surface area contributed by atoms with Gasteiger partial charge in [-0.2, -0.15) is 5.10 Å². The zero-order chi connectivity index (χ0) is 14.2. The minimum Gasteiger partial charge on any atom is -0.389 e. The molecule has 106 valence electrons. The Morgan fingerprint density at radius 3 is 2.74 bits per heavy atom. The molecule has 1 N–H and O–H groups in total. The summed E-state index contributed by atoms with van der Waals surface area (Å²) in [5.74, 6) is 0. The molecule has 0 amide bonds. The van der Waals surface area contributed by atoms with Crippen molar-refractivity contribution < 1.29 is 5.11 Å². The zero-order valence-corrected chi connectivity index (χ0v) is 13.8. The van der Waals surface area contributed by atoms with Gasteiger partial charge in [0.05, 0.1) is 22.0 Å². The Morgan fingerprint density at radius 1 is 1.53 bits per heavy atom. The molecule has 0 saturated carbocycles. The first-order valence-corrected chi connectivity index (χ1v) is 7.69. The minimum absolute atomic E-state index is 0.183. The highest BCUT2D eigenvalue weighted by atomic mass is 79.9. The maximum atomic E-state index is 9.97. The third-order valence-corrected chi connectivity index (χ3v) is 4.71. The van der Waals surface area contributed by atoms with Gasteiger partial charge in [0, 0.05) is 13.5 Å². The van der Waals surface area contributed by atoms with Gasteiger partial charge < -0.3 is 5.11 Å². The van der Waals surface area contributed by atoms with E-state index in [2.05, 4.69) is 41.8 Å². The maximum absolute atomic E-state index is 9.97. The zero-order valence-electron chi connectivity index (χ0n) is 12.2. The van der Waals surface area contributed by atoms with Crippen LogP contribution in [-0.4, -0.2) is 21.0 Å². The van der Waals surface area contributed by atoms with Crippen LogP contribution in [0.4, 0.5) is 0 Å². The second-order valence-electron chi connectivity index (χ2n) is 6.30. The Balaban J connectivity index is 2.24. The molecule has 1 aromatic rings. The smallest absolute Gasteiger partial charge is 0.0766 e. The highest BCUT2D eigenvalue weighted by Gasteiger charge is 2.28. The Kier molecular flexibility index (Phi) is 4.21. The average Bonchev–Trinajstić information content (AvgIpc) is 2.53. The molecule has 4 heteroatoms. The van der Waals surface area contributed by atoms with E-state index in [-0.39, 0.29) is 11.5 Å². The van der Waals surface area contributed by atoms with Crippen molar-refractivity contribution in [3.05, 3.63) is 27.5 Å². The van der Waals surface area contributed by atoms with Crippen LogP contribution < -0.4 is 0 Å². The SMILES string of the molecule is CCc1nn(C)c(CC2=CC(O)CC(C)(C)C2)c1Br. The van der Waals surface area contributed by atoms with Gasteiger partial charge in [-0.15, -0.1) is 0 Å². The molecule has 0 saturated heterocycles. The fourth-order valence-electron chi connectivity index (χ4n) is 2.99. The summed E-state index contributed by atoms with van der Waals surface area (Å²) in [5, 5.41) is 14.5. The maximum Gasteiger partial charge on any atom is 0.0766 e. The second kappa shape index (κ2) is 5.41. The highest BCUT2D eigenvalue weighted by Crippen LogP contribution is 2.37. The topological polar surface area (TPSA) is 38.0 Å². The summed E-state index contributed by atoms with van der Waals surface area (Å²) in [5.41, 5.74) is 3.80. The molecule has 3 nitrogen and oxygen atoms in total. The van der Waals surface area contributed by atoms with Crippen molar-refractivity contribution in [3.8, 4) is 0 Å². The van der Waals surface area contributed by atoms with Crippen molar-refractivity contribution in [2.45, 2.75) is 52.6 Å². The largest absolute Gasteiger partial charge is 0.389 e. The van der Waals surface area contributed by atoms with E-state index < -0.39 is 0 Å². The number of allylic oxidation sites excluding steroid dienone is 1. The number of halogens is 1. The molecular weight excluding hydrogens is 304 g/mol. The fourth-order valence-corrected chi connectivity index (χ4v) is 3.75. The lowest BCUT2D eigenvalue weighted by atomic mass is 9.75. The van der Waals surface area contributed by atoms with Crippen molar-refractivity contribution in [1.29, 1.82) is 0 Å². The van der Waals surface area contributed by atoms with Crippen LogP contribution in [0.3, 0.4) is 0 Å². The summed E-state index contributed by atoms with van der Waals surface area (Å²) < 4.78 is 3.08. The lowest BCUT2D eigenvalue weighted by Crippen LogP contribution is -2.25. The monoisotopic (exact) mass is 326 g/mol.